The molecular formula is C11H12BrNO2. The van der Waals surface area contributed by atoms with Crippen molar-refractivity contribution in [2.75, 3.05) is 5.32 Å². The highest BCUT2D eigenvalue weighted by atomic mass is 79.9. The van der Waals surface area contributed by atoms with Crippen molar-refractivity contribution >= 4 is 27.5 Å². The maximum absolute atomic E-state index is 11.5. The van der Waals surface area contributed by atoms with Crippen LogP contribution in [0.1, 0.15) is 18.9 Å². The zero-order valence-corrected chi connectivity index (χ0v) is 10.2. The second-order valence-electron chi connectivity index (χ2n) is 3.60. The molecule has 1 atom stereocenters. The highest BCUT2D eigenvalue weighted by Crippen LogP contribution is 2.35. The van der Waals surface area contributed by atoms with Crippen LogP contribution in [0.4, 0.5) is 5.69 Å². The number of hydrogen-bond donors (Lipinski definition) is 1. The first-order valence-electron chi connectivity index (χ1n) is 4.89. The van der Waals surface area contributed by atoms with Gasteiger partial charge in [-0.25, -0.2) is 0 Å². The fourth-order valence-corrected chi connectivity index (χ4v) is 1.87. The summed E-state index contributed by atoms with van der Waals surface area (Å²) in [5, 5.41) is 2.84. The van der Waals surface area contributed by atoms with Crippen LogP contribution in [0.15, 0.2) is 16.6 Å². The monoisotopic (exact) mass is 269 g/mol. The van der Waals surface area contributed by atoms with E-state index in [9.17, 15) is 4.79 Å². The van der Waals surface area contributed by atoms with Crippen LogP contribution in [0.3, 0.4) is 0 Å². The fourth-order valence-electron chi connectivity index (χ4n) is 1.55. The number of amides is 1. The van der Waals surface area contributed by atoms with Gasteiger partial charge in [0.2, 0.25) is 0 Å². The minimum absolute atomic E-state index is 0.0632. The average molecular weight is 270 g/mol. The molecule has 0 fully saturated rings. The summed E-state index contributed by atoms with van der Waals surface area (Å²) >= 11 is 3.44. The zero-order valence-electron chi connectivity index (χ0n) is 8.63. The van der Waals surface area contributed by atoms with Crippen LogP contribution in [0.25, 0.3) is 0 Å². The molecule has 1 aliphatic heterocycles. The Morgan fingerprint density at radius 1 is 1.53 bits per heavy atom. The third-order valence-corrected chi connectivity index (χ3v) is 3.31. The first-order chi connectivity index (χ1) is 7.11. The molecule has 0 saturated heterocycles. The van der Waals surface area contributed by atoms with E-state index in [4.69, 9.17) is 4.74 Å². The Morgan fingerprint density at radius 2 is 2.27 bits per heavy atom. The molecule has 1 aromatic rings. The summed E-state index contributed by atoms with van der Waals surface area (Å²) in [5.74, 6) is 0.672. The Bertz CT molecular complexity index is 417. The van der Waals surface area contributed by atoms with Crippen LogP contribution in [0.5, 0.6) is 5.75 Å². The molecule has 1 aliphatic rings. The molecule has 1 unspecified atom stereocenters. The quantitative estimate of drug-likeness (QED) is 0.852. The minimum Gasteiger partial charge on any atom is -0.478 e. The molecule has 1 N–H and O–H groups in total. The number of carbonyl (C=O) groups excluding carboxylic acids is 1. The van der Waals surface area contributed by atoms with Crippen LogP contribution in [-0.4, -0.2) is 12.0 Å². The summed E-state index contributed by atoms with van der Waals surface area (Å²) in [5.41, 5.74) is 1.83. The lowest BCUT2D eigenvalue weighted by molar-refractivity contribution is -0.123. The molecule has 0 radical (unpaired) electrons. The van der Waals surface area contributed by atoms with E-state index < -0.39 is 0 Å². The van der Waals surface area contributed by atoms with Crippen LogP contribution in [0, 0.1) is 6.92 Å². The number of hydrogen-bond acceptors (Lipinski definition) is 2. The van der Waals surface area contributed by atoms with Crippen molar-refractivity contribution in [3.8, 4) is 5.75 Å². The summed E-state index contributed by atoms with van der Waals surface area (Å²) in [6, 6.07) is 3.80. The van der Waals surface area contributed by atoms with E-state index in [-0.39, 0.29) is 12.0 Å². The number of aryl methyl sites for hydroxylation is 1. The lowest BCUT2D eigenvalue weighted by Gasteiger charge is -2.25. The highest BCUT2D eigenvalue weighted by Gasteiger charge is 2.26. The largest absolute Gasteiger partial charge is 0.478 e. The Hall–Kier alpha value is -1.03. The molecular weight excluding hydrogens is 258 g/mol. The molecule has 0 saturated carbocycles. The van der Waals surface area contributed by atoms with Crippen molar-refractivity contribution < 1.29 is 9.53 Å². The van der Waals surface area contributed by atoms with Gasteiger partial charge in [0.25, 0.3) is 5.91 Å². The maximum Gasteiger partial charge on any atom is 0.265 e. The molecule has 0 aromatic heterocycles. The van der Waals surface area contributed by atoms with Gasteiger partial charge in [-0.3, -0.25) is 4.79 Å². The third kappa shape index (κ3) is 1.86. The summed E-state index contributed by atoms with van der Waals surface area (Å²) < 4.78 is 6.58. The van der Waals surface area contributed by atoms with E-state index >= 15 is 0 Å². The smallest absolute Gasteiger partial charge is 0.265 e. The Balaban J connectivity index is 2.41. The van der Waals surface area contributed by atoms with Gasteiger partial charge < -0.3 is 10.1 Å². The number of rotatable bonds is 1. The molecule has 1 aromatic carbocycles. The van der Waals surface area contributed by atoms with Crippen molar-refractivity contribution in [2.45, 2.75) is 26.4 Å². The van der Waals surface area contributed by atoms with Crippen molar-refractivity contribution in [3.05, 3.63) is 22.2 Å². The fraction of sp³-hybridized carbons (Fsp3) is 0.364. The van der Waals surface area contributed by atoms with Gasteiger partial charge in [0.15, 0.2) is 6.10 Å². The summed E-state index contributed by atoms with van der Waals surface area (Å²) in [7, 11) is 0. The van der Waals surface area contributed by atoms with E-state index in [1.165, 1.54) is 0 Å². The molecule has 0 aliphatic carbocycles. The summed E-state index contributed by atoms with van der Waals surface area (Å²) in [6.45, 7) is 3.90. The number of ether oxygens (including phenoxy) is 1. The Morgan fingerprint density at radius 3 is 2.93 bits per heavy atom. The van der Waals surface area contributed by atoms with Crippen LogP contribution < -0.4 is 10.1 Å². The van der Waals surface area contributed by atoms with Crippen molar-refractivity contribution in [2.24, 2.45) is 0 Å². The molecule has 80 valence electrons. The minimum atomic E-state index is -0.368. The molecule has 1 amide bonds. The van der Waals surface area contributed by atoms with Gasteiger partial charge in [-0.1, -0.05) is 22.9 Å². The number of nitrogens with one attached hydrogen (secondary N) is 1. The lowest BCUT2D eigenvalue weighted by atomic mass is 10.1. The lowest BCUT2D eigenvalue weighted by Crippen LogP contribution is -2.36. The number of carbonyl (C=O) groups is 1. The van der Waals surface area contributed by atoms with Gasteiger partial charge in [-0.05, 0) is 31.0 Å². The van der Waals surface area contributed by atoms with Crippen molar-refractivity contribution in [3.63, 3.8) is 0 Å². The first-order valence-corrected chi connectivity index (χ1v) is 5.68. The molecule has 3 nitrogen and oxygen atoms in total. The molecule has 4 heteroatoms. The molecule has 1 heterocycles. The maximum atomic E-state index is 11.5. The Kier molecular flexibility index (Phi) is 2.69. The topological polar surface area (TPSA) is 38.3 Å². The van der Waals surface area contributed by atoms with Gasteiger partial charge in [-0.2, -0.15) is 0 Å². The second-order valence-corrected chi connectivity index (χ2v) is 4.46. The zero-order chi connectivity index (χ0) is 11.0. The van der Waals surface area contributed by atoms with Crippen LogP contribution in [-0.2, 0) is 4.79 Å². The van der Waals surface area contributed by atoms with Crippen molar-refractivity contribution in [1.82, 2.24) is 0 Å². The number of benzene rings is 1. The van der Waals surface area contributed by atoms with Crippen LogP contribution >= 0.6 is 15.9 Å². The van der Waals surface area contributed by atoms with Crippen LogP contribution in [0.2, 0.25) is 0 Å². The molecule has 2 rings (SSSR count). The number of halogens is 1. The number of anilines is 1. The van der Waals surface area contributed by atoms with E-state index in [1.54, 1.807) is 0 Å². The van der Waals surface area contributed by atoms with Gasteiger partial charge in [0.1, 0.15) is 5.75 Å². The summed E-state index contributed by atoms with van der Waals surface area (Å²) in [6.07, 6.45) is 0.309. The normalized spacial score (nSPS) is 19.1. The Labute approximate surface area is 96.9 Å². The van der Waals surface area contributed by atoms with Crippen molar-refractivity contribution in [1.29, 1.82) is 0 Å². The predicted molar refractivity (Wildman–Crippen MR) is 62.2 cm³/mol. The molecule has 0 bridgehead atoms. The standard InChI is InChI=1S/C11H12BrNO2/c1-3-9-11(14)13-8-4-6(2)7(12)5-10(8)15-9/h4-5,9H,3H2,1-2H3,(H,13,14). The van der Waals surface area contributed by atoms with Gasteiger partial charge in [0, 0.05) is 4.47 Å². The van der Waals surface area contributed by atoms with Gasteiger partial charge in [-0.15, -0.1) is 0 Å². The molecule has 0 spiro atoms. The van der Waals surface area contributed by atoms with E-state index in [1.807, 2.05) is 26.0 Å². The van der Waals surface area contributed by atoms with Gasteiger partial charge >= 0.3 is 0 Å². The summed E-state index contributed by atoms with van der Waals surface area (Å²) in [4.78, 5) is 11.5. The third-order valence-electron chi connectivity index (χ3n) is 2.45. The van der Waals surface area contributed by atoms with Gasteiger partial charge in [0.05, 0.1) is 5.69 Å². The molecule has 15 heavy (non-hydrogen) atoms. The average Bonchev–Trinajstić information content (AvgIpc) is 2.20. The van der Waals surface area contributed by atoms with E-state index in [2.05, 4.69) is 21.2 Å². The first kappa shape index (κ1) is 10.5. The van der Waals surface area contributed by atoms with E-state index in [0.29, 0.717) is 6.42 Å². The van der Waals surface area contributed by atoms with E-state index in [0.717, 1.165) is 21.5 Å². The number of fused-ring (bicyclic) bond motifs is 1. The second kappa shape index (κ2) is 3.85. The predicted octanol–water partition coefficient (Wildman–Crippen LogP) is 2.87. The SMILES string of the molecule is CCC1Oc2cc(Br)c(C)cc2NC1=O. The highest BCUT2D eigenvalue weighted by molar-refractivity contribution is 9.10.